The van der Waals surface area contributed by atoms with Gasteiger partial charge in [0.2, 0.25) is 0 Å². The van der Waals surface area contributed by atoms with Crippen LogP contribution in [0.15, 0.2) is 35.0 Å². The summed E-state index contributed by atoms with van der Waals surface area (Å²) in [5, 5.41) is 3.87. The Balaban J connectivity index is 1.73. The van der Waals surface area contributed by atoms with Crippen LogP contribution in [-0.4, -0.2) is 39.9 Å². The minimum absolute atomic E-state index is 0.134. The molecule has 0 radical (unpaired) electrons. The Morgan fingerprint density at radius 3 is 2.86 bits per heavy atom. The number of benzene rings is 1. The van der Waals surface area contributed by atoms with Crippen LogP contribution in [0.4, 0.5) is 5.82 Å². The van der Waals surface area contributed by atoms with Crippen molar-refractivity contribution in [1.82, 2.24) is 20.1 Å². The maximum absolute atomic E-state index is 5.57. The minimum Gasteiger partial charge on any atom is -0.377 e. The lowest BCUT2D eigenvalue weighted by Gasteiger charge is -2.34. The van der Waals surface area contributed by atoms with Crippen LogP contribution in [0.2, 0.25) is 0 Å². The van der Waals surface area contributed by atoms with E-state index in [9.17, 15) is 0 Å². The summed E-state index contributed by atoms with van der Waals surface area (Å²) in [5.41, 5.74) is 1.75. The standard InChI is InChI=1S/C15H15N5O2/c1-10-17-15(22-19-10)13-9-21-7-6-20(13)14-8-16-11-4-2-3-5-12(11)18-14/h2-5,8,13H,6-7,9H2,1H3/t13-/m1/s1. The molecule has 1 aliphatic rings. The van der Waals surface area contributed by atoms with Crippen LogP contribution in [0.5, 0.6) is 0 Å². The summed E-state index contributed by atoms with van der Waals surface area (Å²) < 4.78 is 10.9. The van der Waals surface area contributed by atoms with Gasteiger partial charge in [0.05, 0.1) is 30.4 Å². The number of ether oxygens (including phenoxy) is 1. The van der Waals surface area contributed by atoms with Crippen LogP contribution in [0, 0.1) is 6.92 Å². The Morgan fingerprint density at radius 1 is 1.18 bits per heavy atom. The van der Waals surface area contributed by atoms with Crippen LogP contribution in [0.3, 0.4) is 0 Å². The van der Waals surface area contributed by atoms with Crippen molar-refractivity contribution in [1.29, 1.82) is 0 Å². The Labute approximate surface area is 126 Å². The highest BCUT2D eigenvalue weighted by Gasteiger charge is 2.30. The van der Waals surface area contributed by atoms with Gasteiger partial charge in [0.1, 0.15) is 11.9 Å². The van der Waals surface area contributed by atoms with Crippen LogP contribution in [0.1, 0.15) is 17.8 Å². The van der Waals surface area contributed by atoms with Crippen molar-refractivity contribution in [2.45, 2.75) is 13.0 Å². The molecule has 2 aromatic heterocycles. The average Bonchev–Trinajstić information content (AvgIpc) is 3.01. The van der Waals surface area contributed by atoms with Gasteiger partial charge < -0.3 is 14.2 Å². The van der Waals surface area contributed by atoms with Gasteiger partial charge >= 0.3 is 0 Å². The van der Waals surface area contributed by atoms with Crippen molar-refractivity contribution in [3.05, 3.63) is 42.2 Å². The van der Waals surface area contributed by atoms with Crippen LogP contribution in [0.25, 0.3) is 11.0 Å². The molecular formula is C15H15N5O2. The molecule has 1 fully saturated rings. The van der Waals surface area contributed by atoms with Gasteiger partial charge in [-0.3, -0.25) is 4.98 Å². The zero-order valence-electron chi connectivity index (χ0n) is 12.1. The summed E-state index contributed by atoms with van der Waals surface area (Å²) in [6.45, 7) is 3.64. The molecule has 0 aliphatic carbocycles. The zero-order valence-corrected chi connectivity index (χ0v) is 12.1. The van der Waals surface area contributed by atoms with Crippen LogP contribution in [-0.2, 0) is 4.74 Å². The molecule has 3 aromatic rings. The first-order valence-electron chi connectivity index (χ1n) is 7.17. The number of hydrogen-bond acceptors (Lipinski definition) is 7. The number of anilines is 1. The van der Waals surface area contributed by atoms with Gasteiger partial charge in [-0.05, 0) is 19.1 Å². The van der Waals surface area contributed by atoms with E-state index in [0.717, 1.165) is 16.9 Å². The van der Waals surface area contributed by atoms with Gasteiger partial charge in [-0.1, -0.05) is 17.3 Å². The predicted octanol–water partition coefficient (Wildman–Crippen LogP) is 1.90. The average molecular weight is 297 g/mol. The number of morpholine rings is 1. The molecule has 22 heavy (non-hydrogen) atoms. The van der Waals surface area contributed by atoms with Crippen molar-refractivity contribution in [3.63, 3.8) is 0 Å². The van der Waals surface area contributed by atoms with E-state index in [-0.39, 0.29) is 6.04 Å². The molecule has 7 nitrogen and oxygen atoms in total. The quantitative estimate of drug-likeness (QED) is 0.715. The molecule has 112 valence electrons. The number of aryl methyl sites for hydroxylation is 1. The molecule has 1 saturated heterocycles. The fraction of sp³-hybridized carbons (Fsp3) is 0.333. The first-order chi connectivity index (χ1) is 10.8. The Morgan fingerprint density at radius 2 is 2.05 bits per heavy atom. The first-order valence-corrected chi connectivity index (χ1v) is 7.17. The molecule has 7 heteroatoms. The molecule has 4 rings (SSSR count). The fourth-order valence-electron chi connectivity index (χ4n) is 2.62. The maximum Gasteiger partial charge on any atom is 0.251 e. The molecule has 0 N–H and O–H groups in total. The summed E-state index contributed by atoms with van der Waals surface area (Å²) in [5.74, 6) is 1.96. The normalized spacial score (nSPS) is 18.8. The topological polar surface area (TPSA) is 77.2 Å². The number of para-hydroxylation sites is 2. The van der Waals surface area contributed by atoms with Gasteiger partial charge in [0.15, 0.2) is 5.82 Å². The highest BCUT2D eigenvalue weighted by Crippen LogP contribution is 2.28. The highest BCUT2D eigenvalue weighted by atomic mass is 16.5. The Bertz CT molecular complexity index is 803. The Hall–Kier alpha value is -2.54. The van der Waals surface area contributed by atoms with Gasteiger partial charge in [0, 0.05) is 6.54 Å². The number of aromatic nitrogens is 4. The third-order valence-electron chi connectivity index (χ3n) is 3.69. The van der Waals surface area contributed by atoms with E-state index in [1.54, 1.807) is 13.1 Å². The molecule has 1 aromatic carbocycles. The van der Waals surface area contributed by atoms with E-state index in [4.69, 9.17) is 14.2 Å². The summed E-state index contributed by atoms with van der Waals surface area (Å²) in [6.07, 6.45) is 1.78. The van der Waals surface area contributed by atoms with E-state index in [1.165, 1.54) is 0 Å². The molecule has 0 bridgehead atoms. The summed E-state index contributed by atoms with van der Waals surface area (Å²) in [6, 6.07) is 7.68. The number of hydrogen-bond donors (Lipinski definition) is 0. The number of fused-ring (bicyclic) bond motifs is 1. The molecule has 0 saturated carbocycles. The molecular weight excluding hydrogens is 282 g/mol. The van der Waals surface area contributed by atoms with Gasteiger partial charge in [-0.2, -0.15) is 4.98 Å². The third kappa shape index (κ3) is 2.29. The monoisotopic (exact) mass is 297 g/mol. The lowest BCUT2D eigenvalue weighted by atomic mass is 10.2. The maximum atomic E-state index is 5.57. The second-order valence-electron chi connectivity index (χ2n) is 5.18. The molecule has 1 aliphatic heterocycles. The SMILES string of the molecule is Cc1noc([C@H]2COCCN2c2cnc3ccccc3n2)n1. The van der Waals surface area contributed by atoms with Gasteiger partial charge in [0.25, 0.3) is 5.89 Å². The van der Waals surface area contributed by atoms with Gasteiger partial charge in [-0.15, -0.1) is 0 Å². The second kappa shape index (κ2) is 5.34. The molecule has 1 atom stereocenters. The molecule has 3 heterocycles. The zero-order chi connectivity index (χ0) is 14.9. The fourth-order valence-corrected chi connectivity index (χ4v) is 2.62. The summed E-state index contributed by atoms with van der Waals surface area (Å²) in [7, 11) is 0. The van der Waals surface area contributed by atoms with E-state index in [0.29, 0.717) is 31.5 Å². The minimum atomic E-state index is -0.134. The summed E-state index contributed by atoms with van der Waals surface area (Å²) in [4.78, 5) is 15.6. The second-order valence-corrected chi connectivity index (χ2v) is 5.18. The van der Waals surface area contributed by atoms with Crippen molar-refractivity contribution < 1.29 is 9.26 Å². The lowest BCUT2D eigenvalue weighted by molar-refractivity contribution is 0.0834. The largest absolute Gasteiger partial charge is 0.377 e. The number of rotatable bonds is 2. The summed E-state index contributed by atoms with van der Waals surface area (Å²) >= 11 is 0. The Kier molecular flexibility index (Phi) is 3.19. The van der Waals surface area contributed by atoms with Gasteiger partial charge in [-0.25, -0.2) is 4.98 Å². The molecule has 0 spiro atoms. The highest BCUT2D eigenvalue weighted by molar-refractivity contribution is 5.75. The lowest BCUT2D eigenvalue weighted by Crippen LogP contribution is -2.40. The smallest absolute Gasteiger partial charge is 0.251 e. The van der Waals surface area contributed by atoms with E-state index >= 15 is 0 Å². The molecule has 0 amide bonds. The van der Waals surface area contributed by atoms with Crippen LogP contribution < -0.4 is 4.90 Å². The first kappa shape index (κ1) is 13.1. The van der Waals surface area contributed by atoms with Crippen molar-refractivity contribution in [2.24, 2.45) is 0 Å². The predicted molar refractivity (Wildman–Crippen MR) is 79.5 cm³/mol. The van der Waals surface area contributed by atoms with Crippen molar-refractivity contribution >= 4 is 16.9 Å². The van der Waals surface area contributed by atoms with E-state index in [2.05, 4.69) is 20.0 Å². The van der Waals surface area contributed by atoms with E-state index < -0.39 is 0 Å². The van der Waals surface area contributed by atoms with E-state index in [1.807, 2.05) is 24.3 Å². The third-order valence-corrected chi connectivity index (χ3v) is 3.69. The van der Waals surface area contributed by atoms with Crippen LogP contribution >= 0.6 is 0 Å². The van der Waals surface area contributed by atoms with Crippen molar-refractivity contribution in [3.8, 4) is 0 Å². The number of nitrogens with zero attached hydrogens (tertiary/aromatic N) is 5. The molecule has 0 unspecified atom stereocenters. The van der Waals surface area contributed by atoms with Crippen molar-refractivity contribution in [2.75, 3.05) is 24.7 Å².